The van der Waals surface area contributed by atoms with E-state index in [0.29, 0.717) is 5.56 Å². The van der Waals surface area contributed by atoms with Crippen LogP contribution in [0.4, 0.5) is 8.78 Å². The summed E-state index contributed by atoms with van der Waals surface area (Å²) in [5.74, 6) is -1.08. The average molecular weight is 242 g/mol. The molecule has 96 valence electrons. The molecule has 0 saturated carbocycles. The topological polar surface area (TPSA) is 20.2 Å². The third-order valence-electron chi connectivity index (χ3n) is 3.34. The van der Waals surface area contributed by atoms with Gasteiger partial charge in [-0.25, -0.2) is 8.78 Å². The molecule has 0 bridgehead atoms. The van der Waals surface area contributed by atoms with Gasteiger partial charge >= 0.3 is 0 Å². The number of hydrogen-bond acceptors (Lipinski definition) is 1. The first-order chi connectivity index (χ1) is 7.89. The third kappa shape index (κ3) is 3.25. The normalized spacial score (nSPS) is 16.9. The summed E-state index contributed by atoms with van der Waals surface area (Å²) in [5.41, 5.74) is 0.223. The largest absolute Gasteiger partial charge is 0.385 e. The van der Waals surface area contributed by atoms with Gasteiger partial charge < -0.3 is 5.11 Å². The molecule has 0 saturated heterocycles. The Bertz CT molecular complexity index is 344. The molecular weight excluding hydrogens is 222 g/mol. The molecule has 0 spiro atoms. The predicted octanol–water partition coefficient (Wildman–Crippen LogP) is 3.75. The second-order valence-electron chi connectivity index (χ2n) is 4.72. The molecule has 1 N–H and O–H groups in total. The van der Waals surface area contributed by atoms with Crippen molar-refractivity contribution in [2.24, 2.45) is 5.92 Å². The van der Waals surface area contributed by atoms with Crippen LogP contribution in [0.1, 0.15) is 38.3 Å². The second-order valence-corrected chi connectivity index (χ2v) is 4.72. The van der Waals surface area contributed by atoms with Crippen LogP contribution < -0.4 is 0 Å². The van der Waals surface area contributed by atoms with Crippen molar-refractivity contribution in [2.45, 2.75) is 45.6 Å². The van der Waals surface area contributed by atoms with Gasteiger partial charge in [-0.3, -0.25) is 0 Å². The van der Waals surface area contributed by atoms with Crippen LogP contribution in [0.2, 0.25) is 0 Å². The molecule has 0 aliphatic heterocycles. The number of aryl methyl sites for hydroxylation is 1. The lowest BCUT2D eigenvalue weighted by Crippen LogP contribution is -2.34. The lowest BCUT2D eigenvalue weighted by molar-refractivity contribution is -0.0696. The minimum atomic E-state index is -2.53. The smallest absolute Gasteiger partial charge is 0.244 e. The molecule has 0 aromatic heterocycles. The number of benzene rings is 1. The summed E-state index contributed by atoms with van der Waals surface area (Å²) >= 11 is 0. The Balaban J connectivity index is 2.91. The van der Waals surface area contributed by atoms with Gasteiger partial charge in [-0.15, -0.1) is 0 Å². The van der Waals surface area contributed by atoms with E-state index >= 15 is 0 Å². The summed E-state index contributed by atoms with van der Waals surface area (Å²) in [7, 11) is 0. The molecule has 1 rings (SSSR count). The van der Waals surface area contributed by atoms with Crippen molar-refractivity contribution in [1.29, 1.82) is 0 Å². The van der Waals surface area contributed by atoms with Crippen molar-refractivity contribution in [1.82, 2.24) is 0 Å². The van der Waals surface area contributed by atoms with E-state index in [1.54, 1.807) is 12.1 Å². The van der Waals surface area contributed by atoms with Crippen molar-refractivity contribution in [2.75, 3.05) is 0 Å². The molecule has 1 aromatic rings. The molecule has 0 aliphatic rings. The quantitative estimate of drug-likeness (QED) is 0.833. The van der Waals surface area contributed by atoms with Gasteiger partial charge in [-0.2, -0.15) is 0 Å². The first-order valence-corrected chi connectivity index (χ1v) is 5.99. The molecule has 0 amide bonds. The minimum Gasteiger partial charge on any atom is -0.385 e. The van der Waals surface area contributed by atoms with Gasteiger partial charge in [0.25, 0.3) is 0 Å². The molecule has 2 unspecified atom stereocenters. The van der Waals surface area contributed by atoms with E-state index in [-0.39, 0.29) is 0 Å². The van der Waals surface area contributed by atoms with E-state index in [2.05, 4.69) is 6.92 Å². The highest BCUT2D eigenvalue weighted by molar-refractivity contribution is 5.27. The van der Waals surface area contributed by atoms with E-state index in [0.717, 1.165) is 18.4 Å². The van der Waals surface area contributed by atoms with E-state index in [9.17, 15) is 13.9 Å². The predicted molar refractivity (Wildman–Crippen MR) is 65.2 cm³/mol. The maximum Gasteiger partial charge on any atom is 0.244 e. The van der Waals surface area contributed by atoms with Crippen molar-refractivity contribution in [3.05, 3.63) is 35.4 Å². The number of aliphatic hydroxyl groups is 1. The van der Waals surface area contributed by atoms with Crippen molar-refractivity contribution >= 4 is 0 Å². The molecule has 2 atom stereocenters. The Kier molecular flexibility index (Phi) is 4.63. The van der Waals surface area contributed by atoms with Crippen molar-refractivity contribution in [3.8, 4) is 0 Å². The van der Waals surface area contributed by atoms with E-state index in [1.807, 2.05) is 12.1 Å². The minimum absolute atomic E-state index is 0.546. The standard InChI is InChI=1S/C14H20F2O/c1-4-5-11-6-8-12(9-7-11)14(3,17)10(2)13(15)16/h6-10,13,17H,4-5H2,1-3H3. The SMILES string of the molecule is CCCc1ccc(C(C)(O)C(C)C(F)F)cc1. The summed E-state index contributed by atoms with van der Waals surface area (Å²) < 4.78 is 25.3. The first-order valence-electron chi connectivity index (χ1n) is 5.99. The monoisotopic (exact) mass is 242 g/mol. The lowest BCUT2D eigenvalue weighted by atomic mass is 9.84. The third-order valence-corrected chi connectivity index (χ3v) is 3.34. The van der Waals surface area contributed by atoms with Crippen LogP contribution in [0.25, 0.3) is 0 Å². The Morgan fingerprint density at radius 3 is 2.18 bits per heavy atom. The van der Waals surface area contributed by atoms with E-state index in [1.165, 1.54) is 13.8 Å². The number of halogens is 2. The van der Waals surface area contributed by atoms with Crippen molar-refractivity contribution in [3.63, 3.8) is 0 Å². The van der Waals surface area contributed by atoms with Crippen LogP contribution in [0.5, 0.6) is 0 Å². The molecule has 0 fully saturated rings. The van der Waals surface area contributed by atoms with Crippen LogP contribution in [-0.4, -0.2) is 11.5 Å². The maximum absolute atomic E-state index is 12.6. The van der Waals surface area contributed by atoms with Crippen LogP contribution in [0.3, 0.4) is 0 Å². The highest BCUT2D eigenvalue weighted by Crippen LogP contribution is 2.33. The summed E-state index contributed by atoms with van der Waals surface area (Å²) in [6.45, 7) is 4.90. The molecule has 1 aromatic carbocycles. The lowest BCUT2D eigenvalue weighted by Gasteiger charge is -2.30. The molecule has 0 heterocycles. The summed E-state index contributed by atoms with van der Waals surface area (Å²) in [6.07, 6.45) is -0.518. The Morgan fingerprint density at radius 1 is 1.24 bits per heavy atom. The Morgan fingerprint density at radius 2 is 1.76 bits per heavy atom. The summed E-state index contributed by atoms with van der Waals surface area (Å²) in [4.78, 5) is 0. The fourth-order valence-corrected chi connectivity index (χ4v) is 1.81. The van der Waals surface area contributed by atoms with Crippen LogP contribution >= 0.6 is 0 Å². The van der Waals surface area contributed by atoms with Gasteiger partial charge in [0.05, 0.1) is 5.60 Å². The summed E-state index contributed by atoms with van der Waals surface area (Å²) in [6, 6.07) is 7.27. The zero-order chi connectivity index (χ0) is 13.1. The Labute approximate surface area is 101 Å². The van der Waals surface area contributed by atoms with Crippen LogP contribution in [-0.2, 0) is 12.0 Å². The van der Waals surface area contributed by atoms with Crippen LogP contribution in [0.15, 0.2) is 24.3 Å². The highest BCUT2D eigenvalue weighted by atomic mass is 19.3. The highest BCUT2D eigenvalue weighted by Gasteiger charge is 2.36. The summed E-state index contributed by atoms with van der Waals surface area (Å²) in [5, 5.41) is 10.2. The number of hydrogen-bond donors (Lipinski definition) is 1. The van der Waals surface area contributed by atoms with Crippen LogP contribution in [0, 0.1) is 5.92 Å². The van der Waals surface area contributed by atoms with Gasteiger partial charge in [0.2, 0.25) is 6.43 Å². The molecule has 1 nitrogen and oxygen atoms in total. The maximum atomic E-state index is 12.6. The van der Waals surface area contributed by atoms with Gasteiger partial charge in [0.15, 0.2) is 0 Å². The number of alkyl halides is 2. The molecule has 3 heteroatoms. The Hall–Kier alpha value is -0.960. The van der Waals surface area contributed by atoms with E-state index < -0.39 is 17.9 Å². The molecular formula is C14H20F2O. The second kappa shape index (κ2) is 5.58. The van der Waals surface area contributed by atoms with Gasteiger partial charge in [0.1, 0.15) is 0 Å². The average Bonchev–Trinajstić information content (AvgIpc) is 2.29. The number of rotatable bonds is 5. The molecule has 17 heavy (non-hydrogen) atoms. The van der Waals surface area contributed by atoms with Gasteiger partial charge in [-0.1, -0.05) is 44.5 Å². The van der Waals surface area contributed by atoms with Gasteiger partial charge in [-0.05, 0) is 24.5 Å². The zero-order valence-electron chi connectivity index (χ0n) is 10.6. The fraction of sp³-hybridized carbons (Fsp3) is 0.571. The van der Waals surface area contributed by atoms with Crippen molar-refractivity contribution < 1.29 is 13.9 Å². The molecule has 0 aliphatic carbocycles. The first kappa shape index (κ1) is 14.1. The van der Waals surface area contributed by atoms with E-state index in [4.69, 9.17) is 0 Å². The van der Waals surface area contributed by atoms with Gasteiger partial charge in [0, 0.05) is 5.92 Å². The molecule has 0 radical (unpaired) electrons. The zero-order valence-corrected chi connectivity index (χ0v) is 10.6. The fourth-order valence-electron chi connectivity index (χ4n) is 1.81.